The fraction of sp³-hybridized carbons (Fsp3) is 0.111. The number of primary amides is 1. The molecule has 0 aromatic carbocycles. The first-order valence-corrected chi connectivity index (χ1v) is 4.57. The summed E-state index contributed by atoms with van der Waals surface area (Å²) >= 11 is 0. The lowest BCUT2D eigenvalue weighted by Gasteiger charge is -2.03. The van der Waals surface area contributed by atoms with Gasteiger partial charge in [-0.3, -0.25) is 9.78 Å². The van der Waals surface area contributed by atoms with Crippen molar-refractivity contribution in [1.29, 1.82) is 0 Å². The van der Waals surface area contributed by atoms with E-state index in [4.69, 9.17) is 11.5 Å². The molecular weight excluding hydrogens is 208 g/mol. The van der Waals surface area contributed by atoms with Crippen molar-refractivity contribution in [3.05, 3.63) is 36.0 Å². The number of carbonyl (C=O) groups is 1. The lowest BCUT2D eigenvalue weighted by molar-refractivity contribution is 0.100. The van der Waals surface area contributed by atoms with Crippen LogP contribution in [0.4, 0.5) is 0 Å². The van der Waals surface area contributed by atoms with Crippen LogP contribution < -0.4 is 11.5 Å². The Bertz CT molecular complexity index is 520. The van der Waals surface area contributed by atoms with Crippen molar-refractivity contribution in [1.82, 2.24) is 19.7 Å². The van der Waals surface area contributed by atoms with Crippen LogP contribution in [-0.2, 0) is 6.54 Å². The Morgan fingerprint density at radius 1 is 1.38 bits per heavy atom. The minimum absolute atomic E-state index is 0.245. The molecule has 0 bridgehead atoms. The van der Waals surface area contributed by atoms with E-state index in [-0.39, 0.29) is 6.54 Å². The van der Waals surface area contributed by atoms with Crippen LogP contribution in [0, 0.1) is 0 Å². The Morgan fingerprint density at radius 2 is 2.12 bits per heavy atom. The lowest BCUT2D eigenvalue weighted by Crippen LogP contribution is -2.11. The molecule has 2 aromatic heterocycles. The van der Waals surface area contributed by atoms with Crippen LogP contribution in [0.15, 0.2) is 24.8 Å². The first-order chi connectivity index (χ1) is 7.72. The molecule has 0 atom stereocenters. The van der Waals surface area contributed by atoms with Crippen LogP contribution in [0.5, 0.6) is 0 Å². The van der Waals surface area contributed by atoms with E-state index < -0.39 is 5.91 Å². The van der Waals surface area contributed by atoms with Gasteiger partial charge in [-0.25, -0.2) is 9.67 Å². The molecule has 82 valence electrons. The molecule has 0 unspecified atom stereocenters. The SMILES string of the molecule is NCc1nccnc1-n1cc(C(N)=O)cn1. The molecule has 0 radical (unpaired) electrons. The van der Waals surface area contributed by atoms with Crippen molar-refractivity contribution in [2.24, 2.45) is 11.5 Å². The minimum atomic E-state index is -0.538. The highest BCUT2D eigenvalue weighted by atomic mass is 16.1. The van der Waals surface area contributed by atoms with Gasteiger partial charge in [0.2, 0.25) is 0 Å². The highest BCUT2D eigenvalue weighted by Crippen LogP contribution is 2.08. The van der Waals surface area contributed by atoms with Gasteiger partial charge in [0.15, 0.2) is 5.82 Å². The van der Waals surface area contributed by atoms with Crippen molar-refractivity contribution in [2.75, 3.05) is 0 Å². The Labute approximate surface area is 91.1 Å². The molecule has 16 heavy (non-hydrogen) atoms. The number of hydrogen-bond acceptors (Lipinski definition) is 5. The van der Waals surface area contributed by atoms with Gasteiger partial charge in [-0.2, -0.15) is 5.10 Å². The molecule has 1 amide bonds. The van der Waals surface area contributed by atoms with Crippen molar-refractivity contribution in [3.63, 3.8) is 0 Å². The number of amides is 1. The molecule has 0 fully saturated rings. The Hall–Kier alpha value is -2.28. The number of hydrogen-bond donors (Lipinski definition) is 2. The fourth-order valence-electron chi connectivity index (χ4n) is 1.26. The first-order valence-electron chi connectivity index (χ1n) is 4.57. The molecule has 7 nitrogen and oxygen atoms in total. The van der Waals surface area contributed by atoms with Gasteiger partial charge in [0, 0.05) is 25.1 Å². The zero-order chi connectivity index (χ0) is 11.5. The van der Waals surface area contributed by atoms with Gasteiger partial charge in [0.05, 0.1) is 17.5 Å². The second-order valence-corrected chi connectivity index (χ2v) is 3.07. The van der Waals surface area contributed by atoms with E-state index in [9.17, 15) is 4.79 Å². The van der Waals surface area contributed by atoms with Crippen LogP contribution in [0.1, 0.15) is 16.1 Å². The molecule has 7 heteroatoms. The third kappa shape index (κ3) is 1.75. The summed E-state index contributed by atoms with van der Waals surface area (Å²) in [6.45, 7) is 0.245. The summed E-state index contributed by atoms with van der Waals surface area (Å²) in [6.07, 6.45) is 5.94. The average Bonchev–Trinajstić information content (AvgIpc) is 2.78. The predicted octanol–water partition coefficient (Wildman–Crippen LogP) is -0.780. The smallest absolute Gasteiger partial charge is 0.251 e. The Balaban J connectivity index is 2.46. The van der Waals surface area contributed by atoms with E-state index in [0.29, 0.717) is 17.1 Å². The summed E-state index contributed by atoms with van der Waals surface area (Å²) in [7, 11) is 0. The van der Waals surface area contributed by atoms with Gasteiger partial charge >= 0.3 is 0 Å². The molecular formula is C9H10N6O. The largest absolute Gasteiger partial charge is 0.366 e. The van der Waals surface area contributed by atoms with Crippen LogP contribution >= 0.6 is 0 Å². The van der Waals surface area contributed by atoms with E-state index in [1.54, 1.807) is 6.20 Å². The summed E-state index contributed by atoms with van der Waals surface area (Å²) in [6, 6.07) is 0. The van der Waals surface area contributed by atoms with Crippen molar-refractivity contribution >= 4 is 5.91 Å². The van der Waals surface area contributed by atoms with Gasteiger partial charge in [-0.05, 0) is 0 Å². The topological polar surface area (TPSA) is 113 Å². The van der Waals surface area contributed by atoms with E-state index >= 15 is 0 Å². The number of rotatable bonds is 3. The highest BCUT2D eigenvalue weighted by Gasteiger charge is 2.09. The summed E-state index contributed by atoms with van der Waals surface area (Å²) in [5.41, 5.74) is 11.6. The molecule has 0 aliphatic carbocycles. The van der Waals surface area contributed by atoms with Crippen LogP contribution in [-0.4, -0.2) is 25.7 Å². The normalized spacial score (nSPS) is 10.3. The lowest BCUT2D eigenvalue weighted by atomic mass is 10.3. The average molecular weight is 218 g/mol. The van der Waals surface area contributed by atoms with E-state index in [1.165, 1.54) is 23.3 Å². The van der Waals surface area contributed by atoms with Gasteiger partial charge in [-0.1, -0.05) is 0 Å². The molecule has 2 heterocycles. The number of nitrogens with two attached hydrogens (primary N) is 2. The van der Waals surface area contributed by atoms with Gasteiger partial charge < -0.3 is 11.5 Å². The fourth-order valence-corrected chi connectivity index (χ4v) is 1.26. The quantitative estimate of drug-likeness (QED) is 0.701. The third-order valence-corrected chi connectivity index (χ3v) is 2.03. The van der Waals surface area contributed by atoms with Crippen LogP contribution in [0.25, 0.3) is 5.82 Å². The number of aromatic nitrogens is 4. The van der Waals surface area contributed by atoms with Crippen LogP contribution in [0.2, 0.25) is 0 Å². The van der Waals surface area contributed by atoms with Crippen molar-refractivity contribution in [3.8, 4) is 5.82 Å². The van der Waals surface area contributed by atoms with E-state index in [1.807, 2.05) is 0 Å². The molecule has 2 rings (SSSR count). The Kier molecular flexibility index (Phi) is 2.61. The predicted molar refractivity (Wildman–Crippen MR) is 55.6 cm³/mol. The molecule has 0 spiro atoms. The van der Waals surface area contributed by atoms with Crippen molar-refractivity contribution in [2.45, 2.75) is 6.54 Å². The summed E-state index contributed by atoms with van der Waals surface area (Å²) in [5, 5.41) is 3.97. The molecule has 0 saturated carbocycles. The molecule has 0 aliphatic heterocycles. The molecule has 0 saturated heterocycles. The Morgan fingerprint density at radius 3 is 2.75 bits per heavy atom. The van der Waals surface area contributed by atoms with E-state index in [2.05, 4.69) is 15.1 Å². The number of carbonyl (C=O) groups excluding carboxylic acids is 1. The number of nitrogens with zero attached hydrogens (tertiary/aromatic N) is 4. The van der Waals surface area contributed by atoms with Gasteiger partial charge in [0.1, 0.15) is 0 Å². The van der Waals surface area contributed by atoms with Gasteiger partial charge in [-0.15, -0.1) is 0 Å². The second kappa shape index (κ2) is 4.07. The van der Waals surface area contributed by atoms with Gasteiger partial charge in [0.25, 0.3) is 5.91 Å². The van der Waals surface area contributed by atoms with Crippen LogP contribution in [0.3, 0.4) is 0 Å². The zero-order valence-electron chi connectivity index (χ0n) is 8.37. The van der Waals surface area contributed by atoms with E-state index in [0.717, 1.165) is 0 Å². The molecule has 2 aromatic rings. The maximum atomic E-state index is 10.9. The molecule has 0 aliphatic rings. The standard InChI is InChI=1S/C9H10N6O/c10-3-7-9(13-2-1-12-7)15-5-6(4-14-15)8(11)16/h1-2,4-5H,3,10H2,(H2,11,16). The zero-order valence-corrected chi connectivity index (χ0v) is 8.37. The molecule has 4 N–H and O–H groups in total. The minimum Gasteiger partial charge on any atom is -0.366 e. The maximum Gasteiger partial charge on any atom is 0.251 e. The third-order valence-electron chi connectivity index (χ3n) is 2.03. The summed E-state index contributed by atoms with van der Waals surface area (Å²) in [5.74, 6) is -0.0399. The first kappa shape index (κ1) is 10.2. The maximum absolute atomic E-state index is 10.9. The summed E-state index contributed by atoms with van der Waals surface area (Å²) in [4.78, 5) is 19.1. The second-order valence-electron chi connectivity index (χ2n) is 3.07. The summed E-state index contributed by atoms with van der Waals surface area (Å²) < 4.78 is 1.43. The highest BCUT2D eigenvalue weighted by molar-refractivity contribution is 5.92. The van der Waals surface area contributed by atoms with Crippen molar-refractivity contribution < 1.29 is 4.79 Å². The monoisotopic (exact) mass is 218 g/mol.